The van der Waals surface area contributed by atoms with E-state index in [1.54, 1.807) is 4.90 Å². The molecule has 0 saturated carbocycles. The summed E-state index contributed by atoms with van der Waals surface area (Å²) in [4.78, 5) is 55.1. The van der Waals surface area contributed by atoms with E-state index in [9.17, 15) is 19.2 Å². The summed E-state index contributed by atoms with van der Waals surface area (Å²) in [6, 6.07) is 6.81. The molecule has 9 nitrogen and oxygen atoms in total. The van der Waals surface area contributed by atoms with Crippen LogP contribution in [0.25, 0.3) is 0 Å². The number of hydrogen-bond acceptors (Lipinski definition) is 5. The first-order valence-electron chi connectivity index (χ1n) is 13.8. The molecule has 2 aliphatic heterocycles. The van der Waals surface area contributed by atoms with Gasteiger partial charge in [-0.25, -0.2) is 4.79 Å². The SMILES string of the molecule is Cc1ccc(CNC(=O)[C@H](NC(=O)C2CCN(C(=O)[C@@H]3CCCN3C(=O)OC(C)(C)C)CC2)C(C)C)cc1. The van der Waals surface area contributed by atoms with Crippen LogP contribution in [0.4, 0.5) is 4.79 Å². The largest absolute Gasteiger partial charge is 0.444 e. The first-order chi connectivity index (χ1) is 17.9. The zero-order chi connectivity index (χ0) is 28.0. The predicted molar refractivity (Wildman–Crippen MR) is 145 cm³/mol. The third kappa shape index (κ3) is 7.95. The van der Waals surface area contributed by atoms with Crippen molar-refractivity contribution in [1.82, 2.24) is 20.4 Å². The maximum Gasteiger partial charge on any atom is 0.410 e. The molecule has 3 rings (SSSR count). The molecular formula is C29H44N4O5. The lowest BCUT2D eigenvalue weighted by Gasteiger charge is -2.36. The lowest BCUT2D eigenvalue weighted by Crippen LogP contribution is -2.54. The van der Waals surface area contributed by atoms with Gasteiger partial charge in [0, 0.05) is 32.1 Å². The topological polar surface area (TPSA) is 108 Å². The van der Waals surface area contributed by atoms with E-state index in [-0.39, 0.29) is 29.6 Å². The number of hydrogen-bond donors (Lipinski definition) is 2. The van der Waals surface area contributed by atoms with Gasteiger partial charge in [-0.05, 0) is 64.9 Å². The van der Waals surface area contributed by atoms with Crippen molar-refractivity contribution in [2.45, 2.75) is 91.5 Å². The number of ether oxygens (including phenoxy) is 1. The van der Waals surface area contributed by atoms with Gasteiger partial charge in [0.1, 0.15) is 17.7 Å². The van der Waals surface area contributed by atoms with Crippen LogP contribution in [0.5, 0.6) is 0 Å². The summed E-state index contributed by atoms with van der Waals surface area (Å²) in [6.07, 6.45) is 1.96. The predicted octanol–water partition coefficient (Wildman–Crippen LogP) is 3.39. The summed E-state index contributed by atoms with van der Waals surface area (Å²) in [5.74, 6) is -0.777. The monoisotopic (exact) mass is 528 g/mol. The van der Waals surface area contributed by atoms with Crippen molar-refractivity contribution in [2.24, 2.45) is 11.8 Å². The van der Waals surface area contributed by atoms with E-state index in [4.69, 9.17) is 4.74 Å². The maximum absolute atomic E-state index is 13.2. The molecule has 0 spiro atoms. The van der Waals surface area contributed by atoms with Crippen molar-refractivity contribution in [1.29, 1.82) is 0 Å². The number of nitrogens with zero attached hydrogens (tertiary/aromatic N) is 2. The minimum atomic E-state index is -0.631. The van der Waals surface area contributed by atoms with Gasteiger partial charge in [-0.2, -0.15) is 0 Å². The first kappa shape index (κ1) is 29.5. The maximum atomic E-state index is 13.2. The molecule has 2 heterocycles. The molecule has 9 heteroatoms. The van der Waals surface area contributed by atoms with Gasteiger partial charge in [-0.1, -0.05) is 43.7 Å². The molecule has 0 unspecified atom stereocenters. The molecular weight excluding hydrogens is 484 g/mol. The molecule has 0 bridgehead atoms. The first-order valence-corrected chi connectivity index (χ1v) is 13.8. The lowest BCUT2D eigenvalue weighted by molar-refractivity contribution is -0.140. The fourth-order valence-corrected chi connectivity index (χ4v) is 4.95. The normalized spacial score (nSPS) is 19.3. The van der Waals surface area contributed by atoms with E-state index in [0.29, 0.717) is 45.4 Å². The molecule has 1 aromatic rings. The minimum absolute atomic E-state index is 0.0696. The van der Waals surface area contributed by atoms with Crippen LogP contribution in [0.2, 0.25) is 0 Å². The number of benzene rings is 1. The summed E-state index contributed by atoms with van der Waals surface area (Å²) in [5, 5.41) is 5.89. The molecule has 2 atom stereocenters. The van der Waals surface area contributed by atoms with E-state index < -0.39 is 23.8 Å². The number of likely N-dealkylation sites (tertiary alicyclic amines) is 2. The minimum Gasteiger partial charge on any atom is -0.444 e. The summed E-state index contributed by atoms with van der Waals surface area (Å²) >= 11 is 0. The lowest BCUT2D eigenvalue weighted by atomic mass is 9.94. The number of piperidine rings is 1. The quantitative estimate of drug-likeness (QED) is 0.564. The van der Waals surface area contributed by atoms with Gasteiger partial charge in [0.25, 0.3) is 0 Å². The molecule has 4 amide bonds. The van der Waals surface area contributed by atoms with Gasteiger partial charge in [-0.15, -0.1) is 0 Å². The highest BCUT2D eigenvalue weighted by molar-refractivity contribution is 5.89. The van der Waals surface area contributed by atoms with Crippen molar-refractivity contribution in [3.8, 4) is 0 Å². The van der Waals surface area contributed by atoms with Crippen molar-refractivity contribution in [2.75, 3.05) is 19.6 Å². The second-order valence-corrected chi connectivity index (χ2v) is 11.9. The van der Waals surface area contributed by atoms with Gasteiger partial charge < -0.3 is 20.3 Å². The Kier molecular flexibility index (Phi) is 9.79. The van der Waals surface area contributed by atoms with Gasteiger partial charge in [0.15, 0.2) is 0 Å². The number of carbonyl (C=O) groups excluding carboxylic acids is 4. The Morgan fingerprint density at radius 2 is 1.63 bits per heavy atom. The van der Waals surface area contributed by atoms with Crippen LogP contribution >= 0.6 is 0 Å². The van der Waals surface area contributed by atoms with E-state index >= 15 is 0 Å². The fourth-order valence-electron chi connectivity index (χ4n) is 4.95. The van der Waals surface area contributed by atoms with Gasteiger partial charge in [0.2, 0.25) is 17.7 Å². The van der Waals surface area contributed by atoms with Gasteiger partial charge in [-0.3, -0.25) is 19.3 Å². The molecule has 2 saturated heterocycles. The molecule has 0 radical (unpaired) electrons. The van der Waals surface area contributed by atoms with Crippen molar-refractivity contribution < 1.29 is 23.9 Å². The molecule has 2 aliphatic rings. The van der Waals surface area contributed by atoms with Crippen LogP contribution in [0.15, 0.2) is 24.3 Å². The molecule has 210 valence electrons. The molecule has 0 aromatic heterocycles. The third-order valence-corrected chi connectivity index (χ3v) is 7.18. The average Bonchev–Trinajstić information content (AvgIpc) is 3.35. The van der Waals surface area contributed by atoms with Gasteiger partial charge in [0.05, 0.1) is 0 Å². The Bertz CT molecular complexity index is 993. The second-order valence-electron chi connectivity index (χ2n) is 11.9. The highest BCUT2D eigenvalue weighted by atomic mass is 16.6. The van der Waals surface area contributed by atoms with Crippen LogP contribution in [-0.4, -0.2) is 70.9 Å². The Morgan fingerprint density at radius 3 is 2.21 bits per heavy atom. The number of aryl methyl sites for hydroxylation is 1. The van der Waals surface area contributed by atoms with Crippen LogP contribution in [-0.2, 0) is 25.7 Å². The van der Waals surface area contributed by atoms with E-state index in [1.165, 1.54) is 4.90 Å². The van der Waals surface area contributed by atoms with Crippen LogP contribution in [0.1, 0.15) is 71.4 Å². The Balaban J connectivity index is 1.50. The van der Waals surface area contributed by atoms with Crippen LogP contribution in [0, 0.1) is 18.8 Å². The third-order valence-electron chi connectivity index (χ3n) is 7.18. The van der Waals surface area contributed by atoms with Crippen LogP contribution in [0.3, 0.4) is 0 Å². The Morgan fingerprint density at radius 1 is 1.00 bits per heavy atom. The molecule has 0 aliphatic carbocycles. The van der Waals surface area contributed by atoms with E-state index in [2.05, 4.69) is 10.6 Å². The second kappa shape index (κ2) is 12.6. The summed E-state index contributed by atoms with van der Waals surface area (Å²) in [7, 11) is 0. The summed E-state index contributed by atoms with van der Waals surface area (Å²) < 4.78 is 5.49. The smallest absolute Gasteiger partial charge is 0.410 e. The fraction of sp³-hybridized carbons (Fsp3) is 0.655. The highest BCUT2D eigenvalue weighted by Gasteiger charge is 2.40. The Hall–Kier alpha value is -3.10. The summed E-state index contributed by atoms with van der Waals surface area (Å²) in [5.41, 5.74) is 1.54. The number of carbonyl (C=O) groups is 4. The Labute approximate surface area is 226 Å². The molecule has 1 aromatic carbocycles. The van der Waals surface area contributed by atoms with E-state index in [0.717, 1.165) is 17.5 Å². The highest BCUT2D eigenvalue weighted by Crippen LogP contribution is 2.25. The molecule has 2 fully saturated rings. The van der Waals surface area contributed by atoms with Crippen LogP contribution < -0.4 is 10.6 Å². The van der Waals surface area contributed by atoms with Crippen molar-refractivity contribution in [3.05, 3.63) is 35.4 Å². The average molecular weight is 529 g/mol. The standard InChI is InChI=1S/C29H44N4O5/c1-19(2)24(26(35)30-18-21-11-9-20(3)10-12-21)31-25(34)22-13-16-32(17-14-22)27(36)23-8-7-15-33(23)28(37)38-29(4,5)6/h9-12,19,22-24H,7-8,13-18H2,1-6H3,(H,30,35)(H,31,34)/t23-,24+/m0/s1. The van der Waals surface area contributed by atoms with E-state index in [1.807, 2.05) is 65.8 Å². The number of amides is 4. The summed E-state index contributed by atoms with van der Waals surface area (Å²) in [6.45, 7) is 13.1. The van der Waals surface area contributed by atoms with Crippen molar-refractivity contribution in [3.63, 3.8) is 0 Å². The number of nitrogens with one attached hydrogen (secondary N) is 2. The van der Waals surface area contributed by atoms with Crippen molar-refractivity contribution >= 4 is 23.8 Å². The zero-order valence-electron chi connectivity index (χ0n) is 23.7. The zero-order valence-corrected chi connectivity index (χ0v) is 23.7. The molecule has 38 heavy (non-hydrogen) atoms. The molecule has 2 N–H and O–H groups in total. The number of rotatable bonds is 7. The van der Waals surface area contributed by atoms with Gasteiger partial charge >= 0.3 is 6.09 Å².